The lowest BCUT2D eigenvalue weighted by Crippen LogP contribution is -2.11. The molecule has 0 fully saturated rings. The lowest BCUT2D eigenvalue weighted by atomic mass is 10.1. The highest BCUT2D eigenvalue weighted by Gasteiger charge is 2.34. The van der Waals surface area contributed by atoms with E-state index in [0.717, 1.165) is 24.4 Å². The van der Waals surface area contributed by atoms with Crippen LogP contribution in [0.4, 0.5) is 26.3 Å². The third-order valence-corrected chi connectivity index (χ3v) is 6.37. The number of alkyl halides is 6. The molecular weight excluding hydrogens is 448 g/mol. The standard InChI is InChI=1S/C19H15F6N3O2S/c1-3-31(29,30)15-8-12(18(20,21)22)5-6-13(15)17-27-10-14(28(17)2)11-4-7-16(26-9-11)19(23,24)25/h4-10H,3H2,1-2H3. The van der Waals surface area contributed by atoms with Crippen molar-refractivity contribution in [2.75, 3.05) is 5.75 Å². The monoisotopic (exact) mass is 463 g/mol. The molecule has 0 radical (unpaired) electrons. The van der Waals surface area contributed by atoms with Gasteiger partial charge in [0.15, 0.2) is 9.84 Å². The van der Waals surface area contributed by atoms with Gasteiger partial charge in [-0.15, -0.1) is 0 Å². The summed E-state index contributed by atoms with van der Waals surface area (Å²) in [5.74, 6) is -0.392. The second-order valence-electron chi connectivity index (χ2n) is 6.57. The highest BCUT2D eigenvalue weighted by atomic mass is 32.2. The smallest absolute Gasteiger partial charge is 0.327 e. The largest absolute Gasteiger partial charge is 0.433 e. The van der Waals surface area contributed by atoms with E-state index in [9.17, 15) is 34.8 Å². The molecule has 0 saturated heterocycles. The number of sulfone groups is 1. The van der Waals surface area contributed by atoms with E-state index in [-0.39, 0.29) is 17.0 Å². The molecule has 0 aliphatic carbocycles. The predicted octanol–water partition coefficient (Wildman–Crippen LogP) is 4.98. The van der Waals surface area contributed by atoms with Crippen molar-refractivity contribution in [1.82, 2.24) is 14.5 Å². The summed E-state index contributed by atoms with van der Waals surface area (Å²) in [5.41, 5.74) is -1.69. The molecule has 2 heterocycles. The van der Waals surface area contributed by atoms with Crippen molar-refractivity contribution in [2.24, 2.45) is 7.05 Å². The van der Waals surface area contributed by atoms with Crippen LogP contribution in [-0.2, 0) is 29.2 Å². The third kappa shape index (κ3) is 4.43. The zero-order valence-corrected chi connectivity index (χ0v) is 16.9. The fourth-order valence-corrected chi connectivity index (χ4v) is 4.05. The maximum Gasteiger partial charge on any atom is 0.433 e. The van der Waals surface area contributed by atoms with E-state index in [2.05, 4.69) is 9.97 Å². The first-order valence-corrected chi connectivity index (χ1v) is 10.4. The molecule has 0 atom stereocenters. The minimum absolute atomic E-state index is 0.0376. The molecule has 0 aliphatic rings. The van der Waals surface area contributed by atoms with Crippen LogP contribution in [0.25, 0.3) is 22.6 Å². The number of hydrogen-bond donors (Lipinski definition) is 0. The molecular formula is C19H15F6N3O2S. The summed E-state index contributed by atoms with van der Waals surface area (Å²) in [4.78, 5) is 6.94. The van der Waals surface area contributed by atoms with Crippen molar-refractivity contribution >= 4 is 9.84 Å². The van der Waals surface area contributed by atoms with Gasteiger partial charge in [0.2, 0.25) is 0 Å². The van der Waals surface area contributed by atoms with Gasteiger partial charge in [0, 0.05) is 24.4 Å². The van der Waals surface area contributed by atoms with E-state index >= 15 is 0 Å². The van der Waals surface area contributed by atoms with Crippen LogP contribution in [0.1, 0.15) is 18.2 Å². The molecule has 2 aromatic heterocycles. The summed E-state index contributed by atoms with van der Waals surface area (Å²) in [6.07, 6.45) is -7.09. The Morgan fingerprint density at radius 3 is 2.13 bits per heavy atom. The van der Waals surface area contributed by atoms with Gasteiger partial charge in [-0.1, -0.05) is 6.92 Å². The molecule has 31 heavy (non-hydrogen) atoms. The van der Waals surface area contributed by atoms with E-state index in [1.54, 1.807) is 0 Å². The highest BCUT2D eigenvalue weighted by Crippen LogP contribution is 2.36. The zero-order valence-electron chi connectivity index (χ0n) is 16.1. The average Bonchev–Trinajstić information content (AvgIpc) is 3.07. The van der Waals surface area contributed by atoms with Crippen molar-refractivity contribution in [3.05, 3.63) is 54.0 Å². The van der Waals surface area contributed by atoms with Gasteiger partial charge in [-0.25, -0.2) is 13.4 Å². The molecule has 3 rings (SSSR count). The van der Waals surface area contributed by atoms with Crippen LogP contribution in [0, 0.1) is 0 Å². The summed E-state index contributed by atoms with van der Waals surface area (Å²) in [5, 5.41) is 0. The second-order valence-corrected chi connectivity index (χ2v) is 8.81. The first kappa shape index (κ1) is 22.8. The molecule has 0 bridgehead atoms. The van der Waals surface area contributed by atoms with Crippen LogP contribution < -0.4 is 0 Å². The third-order valence-electron chi connectivity index (χ3n) is 4.60. The van der Waals surface area contributed by atoms with Crippen molar-refractivity contribution in [3.63, 3.8) is 0 Å². The maximum absolute atomic E-state index is 13.1. The van der Waals surface area contributed by atoms with E-state index in [1.807, 2.05) is 0 Å². The van der Waals surface area contributed by atoms with E-state index in [0.29, 0.717) is 11.8 Å². The number of benzene rings is 1. The van der Waals surface area contributed by atoms with Gasteiger partial charge in [0.05, 0.1) is 28.1 Å². The molecule has 0 aliphatic heterocycles. The molecule has 0 N–H and O–H groups in total. The Balaban J connectivity index is 2.14. The molecule has 0 saturated carbocycles. The average molecular weight is 463 g/mol. The quantitative estimate of drug-likeness (QED) is 0.512. The Morgan fingerprint density at radius 2 is 1.61 bits per heavy atom. The maximum atomic E-state index is 13.1. The van der Waals surface area contributed by atoms with Crippen LogP contribution in [0.15, 0.2) is 47.6 Å². The van der Waals surface area contributed by atoms with Gasteiger partial charge in [0.25, 0.3) is 0 Å². The first-order chi connectivity index (χ1) is 14.3. The van der Waals surface area contributed by atoms with Crippen LogP contribution in [0.5, 0.6) is 0 Å². The Kier molecular flexibility index (Phi) is 5.63. The van der Waals surface area contributed by atoms with Gasteiger partial charge in [-0.3, -0.25) is 4.98 Å². The van der Waals surface area contributed by atoms with Crippen LogP contribution in [0.2, 0.25) is 0 Å². The fourth-order valence-electron chi connectivity index (χ4n) is 2.94. The Hall–Kier alpha value is -2.89. The highest BCUT2D eigenvalue weighted by molar-refractivity contribution is 7.91. The van der Waals surface area contributed by atoms with E-state index in [4.69, 9.17) is 0 Å². The van der Waals surface area contributed by atoms with Crippen LogP contribution in [0.3, 0.4) is 0 Å². The lowest BCUT2D eigenvalue weighted by Gasteiger charge is -2.14. The van der Waals surface area contributed by atoms with Crippen molar-refractivity contribution in [3.8, 4) is 22.6 Å². The van der Waals surface area contributed by atoms with Gasteiger partial charge >= 0.3 is 12.4 Å². The molecule has 12 heteroatoms. The molecule has 1 aromatic carbocycles. The van der Waals surface area contributed by atoms with Gasteiger partial charge < -0.3 is 4.57 Å². The first-order valence-electron chi connectivity index (χ1n) is 8.75. The molecule has 5 nitrogen and oxygen atoms in total. The zero-order chi connectivity index (χ0) is 23.2. The minimum atomic E-state index is -4.74. The summed E-state index contributed by atoms with van der Waals surface area (Å²) in [7, 11) is -2.58. The molecule has 0 unspecified atom stereocenters. The Morgan fingerprint density at radius 1 is 0.935 bits per heavy atom. The number of aromatic nitrogens is 3. The number of imidazole rings is 1. The second kappa shape index (κ2) is 7.66. The molecule has 3 aromatic rings. The van der Waals surface area contributed by atoms with E-state index < -0.39 is 44.1 Å². The lowest BCUT2D eigenvalue weighted by molar-refractivity contribution is -0.141. The molecule has 0 amide bonds. The molecule has 0 spiro atoms. The number of hydrogen-bond acceptors (Lipinski definition) is 4. The van der Waals surface area contributed by atoms with Crippen molar-refractivity contribution < 1.29 is 34.8 Å². The molecule has 166 valence electrons. The Labute approximate surface area is 173 Å². The van der Waals surface area contributed by atoms with Crippen LogP contribution >= 0.6 is 0 Å². The van der Waals surface area contributed by atoms with Crippen LogP contribution in [-0.4, -0.2) is 28.7 Å². The normalized spacial score (nSPS) is 12.9. The van der Waals surface area contributed by atoms with Crippen molar-refractivity contribution in [2.45, 2.75) is 24.2 Å². The fraction of sp³-hybridized carbons (Fsp3) is 0.263. The van der Waals surface area contributed by atoms with Crippen molar-refractivity contribution in [1.29, 1.82) is 0 Å². The topological polar surface area (TPSA) is 64.8 Å². The number of rotatable bonds is 4. The number of halogens is 6. The predicted molar refractivity (Wildman–Crippen MR) is 99.6 cm³/mol. The SMILES string of the molecule is CCS(=O)(=O)c1cc(C(F)(F)F)ccc1-c1ncc(-c2ccc(C(F)(F)F)nc2)n1C. The summed E-state index contributed by atoms with van der Waals surface area (Å²) in [6.45, 7) is 1.30. The number of pyridine rings is 1. The van der Waals surface area contributed by atoms with Gasteiger partial charge in [-0.05, 0) is 30.3 Å². The van der Waals surface area contributed by atoms with Gasteiger partial charge in [-0.2, -0.15) is 26.3 Å². The minimum Gasteiger partial charge on any atom is -0.327 e. The summed E-state index contributed by atoms with van der Waals surface area (Å²) in [6, 6.07) is 4.28. The summed E-state index contributed by atoms with van der Waals surface area (Å²) < 4.78 is 104. The van der Waals surface area contributed by atoms with Gasteiger partial charge in [0.1, 0.15) is 11.5 Å². The number of nitrogens with zero attached hydrogens (tertiary/aromatic N) is 3. The van der Waals surface area contributed by atoms with E-state index in [1.165, 1.54) is 30.8 Å². The Bertz CT molecular complexity index is 1210. The summed E-state index contributed by atoms with van der Waals surface area (Å²) >= 11 is 0.